The third-order valence-corrected chi connectivity index (χ3v) is 5.96. The number of ether oxygens (including phenoxy) is 1. The first-order valence-corrected chi connectivity index (χ1v) is 11.9. The molecule has 9 heteroatoms. The fraction of sp³-hybridized carbons (Fsp3) is 0.143. The fourth-order valence-corrected chi connectivity index (χ4v) is 4.08. The average Bonchev–Trinajstić information content (AvgIpc) is 3.56. The summed E-state index contributed by atoms with van der Waals surface area (Å²) in [5.41, 5.74) is 3.67. The molecule has 0 radical (unpaired) electrons. The van der Waals surface area contributed by atoms with Gasteiger partial charge in [-0.05, 0) is 55.3 Å². The first kappa shape index (κ1) is 23.6. The summed E-state index contributed by atoms with van der Waals surface area (Å²) in [7, 11) is 0. The van der Waals surface area contributed by atoms with Gasteiger partial charge in [-0.15, -0.1) is 0 Å². The first-order valence-electron chi connectivity index (χ1n) is 11.9. The zero-order valence-corrected chi connectivity index (χ0v) is 20.3. The van der Waals surface area contributed by atoms with Gasteiger partial charge in [0.1, 0.15) is 17.6 Å². The third kappa shape index (κ3) is 5.28. The molecular formula is C28H25N7O2. The number of hydrogen-bond donors (Lipinski definition) is 2. The number of aromatic nitrogens is 4. The minimum atomic E-state index is -0.180. The van der Waals surface area contributed by atoms with Crippen LogP contribution in [0.15, 0.2) is 85.7 Å². The molecule has 0 bridgehead atoms. The van der Waals surface area contributed by atoms with Gasteiger partial charge in [-0.2, -0.15) is 10.4 Å². The Balaban J connectivity index is 1.34. The number of rotatable bonds is 9. The van der Waals surface area contributed by atoms with E-state index in [9.17, 15) is 10.1 Å². The van der Waals surface area contributed by atoms with E-state index >= 15 is 0 Å². The van der Waals surface area contributed by atoms with Gasteiger partial charge in [0.2, 0.25) is 0 Å². The van der Waals surface area contributed by atoms with Gasteiger partial charge in [-0.25, -0.2) is 9.50 Å². The number of nitriles is 1. The molecule has 9 nitrogen and oxygen atoms in total. The van der Waals surface area contributed by atoms with Crippen molar-refractivity contribution in [1.82, 2.24) is 24.5 Å². The summed E-state index contributed by atoms with van der Waals surface area (Å²) < 4.78 is 9.46. The molecule has 0 unspecified atom stereocenters. The van der Waals surface area contributed by atoms with E-state index < -0.39 is 0 Å². The molecule has 0 atom stereocenters. The van der Waals surface area contributed by atoms with E-state index in [1.165, 1.54) is 6.20 Å². The Bertz CT molecular complexity index is 1550. The van der Waals surface area contributed by atoms with Crippen LogP contribution in [0.25, 0.3) is 5.52 Å². The number of carbonyl (C=O) groups is 1. The van der Waals surface area contributed by atoms with Crippen LogP contribution in [0.5, 0.6) is 11.5 Å². The monoisotopic (exact) mass is 491 g/mol. The minimum absolute atomic E-state index is 0.180. The molecule has 0 saturated carbocycles. The molecule has 5 aromatic rings. The van der Waals surface area contributed by atoms with Crippen molar-refractivity contribution in [2.24, 2.45) is 0 Å². The molecule has 184 valence electrons. The Kier molecular flexibility index (Phi) is 6.81. The Morgan fingerprint density at radius 2 is 1.89 bits per heavy atom. The van der Waals surface area contributed by atoms with Crippen LogP contribution < -0.4 is 15.4 Å². The maximum absolute atomic E-state index is 12.9. The van der Waals surface area contributed by atoms with Gasteiger partial charge in [0.15, 0.2) is 0 Å². The predicted molar refractivity (Wildman–Crippen MR) is 140 cm³/mol. The zero-order chi connectivity index (χ0) is 25.6. The fourth-order valence-electron chi connectivity index (χ4n) is 4.08. The molecule has 3 aromatic heterocycles. The van der Waals surface area contributed by atoms with E-state index in [1.807, 2.05) is 72.3 Å². The molecule has 0 aliphatic heterocycles. The lowest BCUT2D eigenvalue weighted by Gasteiger charge is -2.12. The van der Waals surface area contributed by atoms with Gasteiger partial charge in [0.05, 0.1) is 34.9 Å². The lowest BCUT2D eigenvalue weighted by molar-refractivity contribution is 0.0952. The second-order valence-electron chi connectivity index (χ2n) is 8.48. The minimum Gasteiger partial charge on any atom is -0.457 e. The summed E-state index contributed by atoms with van der Waals surface area (Å²) in [6.45, 7) is 3.16. The van der Waals surface area contributed by atoms with E-state index in [0.717, 1.165) is 30.0 Å². The highest BCUT2D eigenvalue weighted by atomic mass is 16.5. The number of nitrogens with zero attached hydrogens (tertiary/aromatic N) is 5. The number of anilines is 2. The van der Waals surface area contributed by atoms with Crippen molar-refractivity contribution in [3.05, 3.63) is 102 Å². The number of aryl methyl sites for hydroxylation is 2. The molecule has 0 aliphatic rings. The number of amides is 1. The van der Waals surface area contributed by atoms with Gasteiger partial charge in [0.25, 0.3) is 5.91 Å². The molecule has 0 spiro atoms. The quantitative estimate of drug-likeness (QED) is 0.279. The number of para-hydroxylation sites is 1. The van der Waals surface area contributed by atoms with Crippen LogP contribution in [0.2, 0.25) is 0 Å². The summed E-state index contributed by atoms with van der Waals surface area (Å²) in [4.78, 5) is 17.0. The highest BCUT2D eigenvalue weighted by Gasteiger charge is 2.19. The predicted octanol–water partition coefficient (Wildman–Crippen LogP) is 5.07. The van der Waals surface area contributed by atoms with E-state index in [0.29, 0.717) is 34.6 Å². The number of fused-ring (bicyclic) bond motifs is 1. The molecule has 0 aliphatic carbocycles. The smallest absolute Gasteiger partial charge is 0.253 e. The lowest BCUT2D eigenvalue weighted by Crippen LogP contribution is -2.25. The highest BCUT2D eigenvalue weighted by Crippen LogP contribution is 2.31. The van der Waals surface area contributed by atoms with E-state index in [-0.39, 0.29) is 5.91 Å². The summed E-state index contributed by atoms with van der Waals surface area (Å²) in [6.07, 6.45) is 9.35. The standard InChI is InChI=1S/C28H25N7O2/c1-20-25(28(36)31-12-5-14-34-15-13-30-19-34)18-35-27(20)26(21(16-29)17-32-35)33-22-8-10-24(11-9-22)37-23-6-3-2-4-7-23/h2-4,6-11,13,15,17-19,33H,5,12,14H2,1H3,(H,31,36). The maximum Gasteiger partial charge on any atom is 0.253 e. The molecule has 2 N–H and O–H groups in total. The van der Waals surface area contributed by atoms with E-state index in [1.54, 1.807) is 23.2 Å². The Labute approximate surface area is 214 Å². The molecule has 0 saturated heterocycles. The summed E-state index contributed by atoms with van der Waals surface area (Å²) in [5, 5.41) is 20.4. The topological polar surface area (TPSA) is 109 Å². The number of nitrogens with one attached hydrogen (secondary N) is 2. The van der Waals surface area contributed by atoms with Crippen molar-refractivity contribution < 1.29 is 9.53 Å². The molecule has 0 fully saturated rings. The van der Waals surface area contributed by atoms with Crippen molar-refractivity contribution in [2.45, 2.75) is 19.9 Å². The van der Waals surface area contributed by atoms with Gasteiger partial charge < -0.3 is 19.9 Å². The highest BCUT2D eigenvalue weighted by molar-refractivity contribution is 6.00. The van der Waals surface area contributed by atoms with Crippen molar-refractivity contribution >= 4 is 22.8 Å². The van der Waals surface area contributed by atoms with Crippen LogP contribution >= 0.6 is 0 Å². The average molecular weight is 492 g/mol. The van der Waals surface area contributed by atoms with Crippen LogP contribution in [-0.4, -0.2) is 31.6 Å². The molecule has 37 heavy (non-hydrogen) atoms. The van der Waals surface area contributed by atoms with E-state index in [2.05, 4.69) is 26.8 Å². The Morgan fingerprint density at radius 3 is 2.62 bits per heavy atom. The number of carbonyl (C=O) groups excluding carboxylic acids is 1. The van der Waals surface area contributed by atoms with Crippen LogP contribution in [0.3, 0.4) is 0 Å². The Hall–Kier alpha value is -5.10. The van der Waals surface area contributed by atoms with Crippen molar-refractivity contribution in [1.29, 1.82) is 5.26 Å². The van der Waals surface area contributed by atoms with Crippen molar-refractivity contribution in [2.75, 3.05) is 11.9 Å². The lowest BCUT2D eigenvalue weighted by atomic mass is 10.1. The van der Waals surface area contributed by atoms with Crippen molar-refractivity contribution in [3.8, 4) is 17.6 Å². The molecule has 2 aromatic carbocycles. The Morgan fingerprint density at radius 1 is 1.11 bits per heavy atom. The summed E-state index contributed by atoms with van der Waals surface area (Å²) in [5.74, 6) is 1.27. The second-order valence-corrected chi connectivity index (χ2v) is 8.48. The molecular weight excluding hydrogens is 466 g/mol. The largest absolute Gasteiger partial charge is 0.457 e. The van der Waals surface area contributed by atoms with Crippen LogP contribution in [0.4, 0.5) is 11.4 Å². The second kappa shape index (κ2) is 10.7. The molecule has 3 heterocycles. The summed E-state index contributed by atoms with van der Waals surface area (Å²) >= 11 is 0. The van der Waals surface area contributed by atoms with Crippen molar-refractivity contribution in [3.63, 3.8) is 0 Å². The maximum atomic E-state index is 12.9. The van der Waals surface area contributed by atoms with Gasteiger partial charge in [0, 0.05) is 37.4 Å². The summed E-state index contributed by atoms with van der Waals surface area (Å²) in [6, 6.07) is 19.2. The van der Waals surface area contributed by atoms with Gasteiger partial charge >= 0.3 is 0 Å². The van der Waals surface area contributed by atoms with Crippen LogP contribution in [0.1, 0.15) is 27.9 Å². The van der Waals surface area contributed by atoms with Crippen LogP contribution in [0, 0.1) is 18.3 Å². The third-order valence-electron chi connectivity index (χ3n) is 5.96. The SMILES string of the molecule is Cc1c(C(=O)NCCCn2ccnc2)cn2ncc(C#N)c(Nc3ccc(Oc4ccccc4)cc3)c12. The number of benzene rings is 2. The van der Waals surface area contributed by atoms with Gasteiger partial charge in [-0.1, -0.05) is 18.2 Å². The molecule has 5 rings (SSSR count). The van der Waals surface area contributed by atoms with E-state index in [4.69, 9.17) is 4.74 Å². The molecule has 1 amide bonds. The number of hydrogen-bond acceptors (Lipinski definition) is 6. The first-order chi connectivity index (χ1) is 18.1. The van der Waals surface area contributed by atoms with Crippen LogP contribution in [-0.2, 0) is 6.54 Å². The van der Waals surface area contributed by atoms with Gasteiger partial charge in [-0.3, -0.25) is 4.79 Å². The normalized spacial score (nSPS) is 10.7. The zero-order valence-electron chi connectivity index (χ0n) is 20.3. The number of imidazole rings is 1.